The Labute approximate surface area is 160 Å². The van der Waals surface area contributed by atoms with E-state index >= 15 is 0 Å². The third-order valence-corrected chi connectivity index (χ3v) is 4.97. The fraction of sp³-hybridized carbons (Fsp3) is 0.500. The van der Waals surface area contributed by atoms with E-state index in [0.29, 0.717) is 30.4 Å². The molecular formula is C16H21N7O3S. The van der Waals surface area contributed by atoms with E-state index in [-0.39, 0.29) is 5.00 Å². The van der Waals surface area contributed by atoms with Crippen LogP contribution in [0, 0.1) is 17.0 Å². The van der Waals surface area contributed by atoms with Crippen LogP contribution in [0.25, 0.3) is 11.5 Å². The van der Waals surface area contributed by atoms with Crippen LogP contribution < -0.4 is 0 Å². The van der Waals surface area contributed by atoms with Crippen LogP contribution in [0.1, 0.15) is 29.9 Å². The van der Waals surface area contributed by atoms with Gasteiger partial charge in [-0.3, -0.25) is 14.8 Å². The fourth-order valence-electron chi connectivity index (χ4n) is 2.83. The van der Waals surface area contributed by atoms with Gasteiger partial charge < -0.3 is 9.30 Å². The summed E-state index contributed by atoms with van der Waals surface area (Å²) in [5.41, 5.74) is 1.81. The molecule has 0 unspecified atom stereocenters. The van der Waals surface area contributed by atoms with Crippen LogP contribution in [-0.2, 0) is 24.2 Å². The van der Waals surface area contributed by atoms with E-state index in [1.165, 1.54) is 6.20 Å². The number of ether oxygens (including phenoxy) is 1. The van der Waals surface area contributed by atoms with Crippen molar-refractivity contribution in [3.05, 3.63) is 38.9 Å². The van der Waals surface area contributed by atoms with E-state index in [1.807, 2.05) is 29.2 Å². The molecule has 3 aromatic heterocycles. The van der Waals surface area contributed by atoms with Gasteiger partial charge in [-0.15, -0.1) is 10.2 Å². The van der Waals surface area contributed by atoms with Gasteiger partial charge in [0.05, 0.1) is 17.0 Å². The standard InChI is InChI=1S/C16H21N7O3S/c1-4-22-12(8-11(2)20-22)16-19-18-13(21(16)6-5-7-26-3)9-14-17-10-15(27-14)23(24)25/h8,10H,4-7,9H2,1-3H3. The first-order valence-electron chi connectivity index (χ1n) is 8.58. The molecule has 3 heterocycles. The molecule has 11 heteroatoms. The van der Waals surface area contributed by atoms with Gasteiger partial charge in [0.25, 0.3) is 0 Å². The maximum Gasteiger partial charge on any atom is 0.343 e. The molecule has 3 rings (SSSR count). The SMILES string of the molecule is CCn1nc(C)cc1-c1nnc(Cc2ncc([N+](=O)[O-])s2)n1CCCOC. The molecule has 0 aromatic carbocycles. The van der Waals surface area contributed by atoms with Crippen LogP contribution in [0.2, 0.25) is 0 Å². The van der Waals surface area contributed by atoms with Crippen LogP contribution in [0.15, 0.2) is 12.3 Å². The number of nitro groups is 1. The van der Waals surface area contributed by atoms with Crippen molar-refractivity contribution >= 4 is 16.3 Å². The lowest BCUT2D eigenvalue weighted by Crippen LogP contribution is -2.10. The van der Waals surface area contributed by atoms with E-state index < -0.39 is 4.92 Å². The Morgan fingerprint density at radius 2 is 2.19 bits per heavy atom. The molecular weight excluding hydrogens is 370 g/mol. The molecule has 144 valence electrons. The summed E-state index contributed by atoms with van der Waals surface area (Å²) in [5, 5.41) is 24.7. The number of thiazole rings is 1. The first-order valence-corrected chi connectivity index (χ1v) is 9.40. The summed E-state index contributed by atoms with van der Waals surface area (Å²) in [4.78, 5) is 14.6. The molecule has 0 fully saturated rings. The minimum absolute atomic E-state index is 0.0235. The van der Waals surface area contributed by atoms with Gasteiger partial charge in [-0.1, -0.05) is 0 Å². The summed E-state index contributed by atoms with van der Waals surface area (Å²) >= 11 is 1.06. The number of aromatic nitrogens is 6. The van der Waals surface area contributed by atoms with Crippen molar-refractivity contribution in [3.63, 3.8) is 0 Å². The van der Waals surface area contributed by atoms with E-state index in [1.54, 1.807) is 7.11 Å². The molecule has 3 aromatic rings. The predicted molar refractivity (Wildman–Crippen MR) is 99.7 cm³/mol. The molecule has 0 N–H and O–H groups in total. The van der Waals surface area contributed by atoms with Crippen LogP contribution in [-0.4, -0.2) is 48.2 Å². The van der Waals surface area contributed by atoms with Gasteiger partial charge in [0.15, 0.2) is 5.82 Å². The van der Waals surface area contributed by atoms with Gasteiger partial charge >= 0.3 is 5.00 Å². The van der Waals surface area contributed by atoms with E-state index in [2.05, 4.69) is 20.3 Å². The summed E-state index contributed by atoms with van der Waals surface area (Å²) in [6, 6.07) is 1.98. The van der Waals surface area contributed by atoms with E-state index in [4.69, 9.17) is 4.74 Å². The van der Waals surface area contributed by atoms with Gasteiger partial charge in [-0.05, 0) is 37.7 Å². The number of rotatable bonds is 9. The molecule has 0 spiro atoms. The third kappa shape index (κ3) is 4.19. The zero-order chi connectivity index (χ0) is 19.4. The van der Waals surface area contributed by atoms with Crippen LogP contribution in [0.4, 0.5) is 5.00 Å². The monoisotopic (exact) mass is 391 g/mol. The largest absolute Gasteiger partial charge is 0.385 e. The average Bonchev–Trinajstić information content (AvgIpc) is 3.34. The van der Waals surface area contributed by atoms with Crippen LogP contribution >= 0.6 is 11.3 Å². The fourth-order valence-corrected chi connectivity index (χ4v) is 3.55. The minimum atomic E-state index is -0.432. The molecule has 0 aliphatic carbocycles. The Morgan fingerprint density at radius 1 is 1.37 bits per heavy atom. The second kappa shape index (κ2) is 8.35. The molecule has 0 amide bonds. The first kappa shape index (κ1) is 19.1. The van der Waals surface area contributed by atoms with Gasteiger partial charge in [-0.2, -0.15) is 5.10 Å². The molecule has 0 saturated carbocycles. The normalized spacial score (nSPS) is 11.2. The summed E-state index contributed by atoms with van der Waals surface area (Å²) < 4.78 is 9.08. The summed E-state index contributed by atoms with van der Waals surface area (Å²) in [6.07, 6.45) is 2.46. The van der Waals surface area contributed by atoms with Crippen molar-refractivity contribution in [2.45, 2.75) is 39.8 Å². The van der Waals surface area contributed by atoms with Crippen molar-refractivity contribution in [2.75, 3.05) is 13.7 Å². The van der Waals surface area contributed by atoms with Crippen molar-refractivity contribution in [2.24, 2.45) is 0 Å². The van der Waals surface area contributed by atoms with Gasteiger partial charge in [0.1, 0.15) is 22.7 Å². The number of hydrogen-bond donors (Lipinski definition) is 0. The van der Waals surface area contributed by atoms with Crippen molar-refractivity contribution in [1.82, 2.24) is 29.5 Å². The molecule has 27 heavy (non-hydrogen) atoms. The number of methoxy groups -OCH3 is 1. The Hall–Kier alpha value is -2.66. The number of nitrogens with zero attached hydrogens (tertiary/aromatic N) is 7. The Morgan fingerprint density at radius 3 is 2.85 bits per heavy atom. The third-order valence-electron chi connectivity index (χ3n) is 4.02. The molecule has 0 aliphatic rings. The maximum atomic E-state index is 10.9. The molecule has 0 aliphatic heterocycles. The highest BCUT2D eigenvalue weighted by Crippen LogP contribution is 2.25. The zero-order valence-electron chi connectivity index (χ0n) is 15.5. The smallest absolute Gasteiger partial charge is 0.343 e. The summed E-state index contributed by atoms with van der Waals surface area (Å²) in [6.45, 7) is 5.98. The van der Waals surface area contributed by atoms with Crippen molar-refractivity contribution in [1.29, 1.82) is 0 Å². The summed E-state index contributed by atoms with van der Waals surface area (Å²) in [7, 11) is 1.66. The lowest BCUT2D eigenvalue weighted by molar-refractivity contribution is -0.380. The second-order valence-electron chi connectivity index (χ2n) is 5.95. The molecule has 10 nitrogen and oxygen atoms in total. The van der Waals surface area contributed by atoms with Gasteiger partial charge in [0.2, 0.25) is 0 Å². The topological polar surface area (TPSA) is 114 Å². The van der Waals surface area contributed by atoms with E-state index in [0.717, 1.165) is 41.5 Å². The Balaban J connectivity index is 1.95. The zero-order valence-corrected chi connectivity index (χ0v) is 16.3. The molecule has 0 bridgehead atoms. The Kier molecular flexibility index (Phi) is 5.91. The number of aryl methyl sites for hydroxylation is 2. The lowest BCUT2D eigenvalue weighted by Gasteiger charge is -2.10. The average molecular weight is 391 g/mol. The Bertz CT molecular complexity index is 930. The van der Waals surface area contributed by atoms with Crippen LogP contribution in [0.5, 0.6) is 0 Å². The highest BCUT2D eigenvalue weighted by molar-refractivity contribution is 7.14. The predicted octanol–water partition coefficient (Wildman–Crippen LogP) is 2.46. The van der Waals surface area contributed by atoms with Gasteiger partial charge in [-0.25, -0.2) is 4.98 Å². The van der Waals surface area contributed by atoms with Gasteiger partial charge in [0, 0.05) is 26.8 Å². The minimum Gasteiger partial charge on any atom is -0.385 e. The molecule has 0 radical (unpaired) electrons. The first-order chi connectivity index (χ1) is 13.0. The lowest BCUT2D eigenvalue weighted by atomic mass is 10.3. The quantitative estimate of drug-likeness (QED) is 0.313. The number of hydrogen-bond acceptors (Lipinski definition) is 8. The second-order valence-corrected chi connectivity index (χ2v) is 7.04. The summed E-state index contributed by atoms with van der Waals surface area (Å²) in [5.74, 6) is 1.45. The molecule has 0 atom stereocenters. The van der Waals surface area contributed by atoms with E-state index in [9.17, 15) is 10.1 Å². The maximum absolute atomic E-state index is 10.9. The highest BCUT2D eigenvalue weighted by atomic mass is 32.1. The van der Waals surface area contributed by atoms with Crippen LogP contribution in [0.3, 0.4) is 0 Å². The molecule has 0 saturated heterocycles. The van der Waals surface area contributed by atoms with Crippen molar-refractivity contribution in [3.8, 4) is 11.5 Å². The highest BCUT2D eigenvalue weighted by Gasteiger charge is 2.20. The van der Waals surface area contributed by atoms with Crippen molar-refractivity contribution < 1.29 is 9.66 Å².